The number of pyridine rings is 1. The summed E-state index contributed by atoms with van der Waals surface area (Å²) in [5.41, 5.74) is 0.402. The van der Waals surface area contributed by atoms with E-state index < -0.39 is 0 Å². The molecule has 0 fully saturated rings. The molecule has 0 saturated heterocycles. The van der Waals surface area contributed by atoms with Crippen LogP contribution in [0.5, 0.6) is 0 Å². The smallest absolute Gasteiger partial charge is 0.251 e. The van der Waals surface area contributed by atoms with Crippen LogP contribution in [-0.4, -0.2) is 10.5 Å². The molecule has 0 unspecified atom stereocenters. The molecule has 1 N–H and O–H groups in total. The maximum Gasteiger partial charge on any atom is 0.251 e. The molecule has 19 heavy (non-hydrogen) atoms. The molecule has 1 aromatic carbocycles. The summed E-state index contributed by atoms with van der Waals surface area (Å²) in [6, 6.07) is 10.00. The molecule has 0 aliphatic carbocycles. The Morgan fingerprint density at radius 1 is 1.21 bits per heavy atom. The molecular formula is C13H10BrClN2O2. The van der Waals surface area contributed by atoms with E-state index in [4.69, 9.17) is 11.6 Å². The number of nitrogens with one attached hydrogen (secondary N) is 1. The van der Waals surface area contributed by atoms with Crippen molar-refractivity contribution in [1.29, 1.82) is 0 Å². The molecule has 0 bridgehead atoms. The fourth-order valence-corrected chi connectivity index (χ4v) is 1.96. The van der Waals surface area contributed by atoms with Gasteiger partial charge in [0.25, 0.3) is 5.56 Å². The van der Waals surface area contributed by atoms with Gasteiger partial charge in [0.2, 0.25) is 5.91 Å². The van der Waals surface area contributed by atoms with Gasteiger partial charge in [-0.25, -0.2) is 0 Å². The maximum atomic E-state index is 11.8. The lowest BCUT2D eigenvalue weighted by molar-refractivity contribution is -0.116. The van der Waals surface area contributed by atoms with Crippen molar-refractivity contribution >= 4 is 39.1 Å². The molecule has 4 nitrogen and oxygen atoms in total. The van der Waals surface area contributed by atoms with E-state index in [1.54, 1.807) is 12.1 Å². The number of hydrogen-bond donors (Lipinski definition) is 1. The van der Waals surface area contributed by atoms with Crippen LogP contribution in [0.25, 0.3) is 0 Å². The molecule has 0 aliphatic rings. The summed E-state index contributed by atoms with van der Waals surface area (Å²) in [7, 11) is 0. The van der Waals surface area contributed by atoms with Crippen LogP contribution in [0.4, 0.5) is 5.69 Å². The number of rotatable bonds is 3. The summed E-state index contributed by atoms with van der Waals surface area (Å²) in [5, 5.41) is 3.11. The normalized spacial score (nSPS) is 10.2. The molecule has 2 rings (SSSR count). The molecule has 1 heterocycles. The molecule has 6 heteroatoms. The highest BCUT2D eigenvalue weighted by Crippen LogP contribution is 2.14. The Hall–Kier alpha value is -1.59. The van der Waals surface area contributed by atoms with Crippen molar-refractivity contribution in [2.24, 2.45) is 0 Å². The Labute approximate surface area is 123 Å². The van der Waals surface area contributed by atoms with Crippen LogP contribution < -0.4 is 10.9 Å². The first-order valence-electron chi connectivity index (χ1n) is 5.46. The number of benzene rings is 1. The Bertz CT molecular complexity index is 652. The lowest BCUT2D eigenvalue weighted by atomic mass is 10.3. The van der Waals surface area contributed by atoms with Crippen LogP contribution in [0, 0.1) is 0 Å². The van der Waals surface area contributed by atoms with Gasteiger partial charge in [-0.3, -0.25) is 9.59 Å². The lowest BCUT2D eigenvalue weighted by Gasteiger charge is -2.07. The fraction of sp³-hybridized carbons (Fsp3) is 0.0769. The van der Waals surface area contributed by atoms with E-state index in [0.717, 1.165) is 4.47 Å². The van der Waals surface area contributed by atoms with Crippen LogP contribution in [0.15, 0.2) is 51.9 Å². The molecule has 0 atom stereocenters. The van der Waals surface area contributed by atoms with Gasteiger partial charge >= 0.3 is 0 Å². The first-order chi connectivity index (χ1) is 9.04. The average molecular weight is 342 g/mol. The minimum Gasteiger partial charge on any atom is -0.325 e. The van der Waals surface area contributed by atoms with Gasteiger partial charge in [0.15, 0.2) is 0 Å². The predicted octanol–water partition coefficient (Wildman–Crippen LogP) is 2.90. The van der Waals surface area contributed by atoms with Gasteiger partial charge in [-0.1, -0.05) is 27.5 Å². The van der Waals surface area contributed by atoms with Crippen molar-refractivity contribution in [3.63, 3.8) is 0 Å². The molecule has 98 valence electrons. The number of anilines is 1. The summed E-state index contributed by atoms with van der Waals surface area (Å²) in [6.45, 7) is -0.0740. The van der Waals surface area contributed by atoms with E-state index in [9.17, 15) is 9.59 Å². The third kappa shape index (κ3) is 3.94. The number of carbonyl (C=O) groups is 1. The lowest BCUT2D eigenvalue weighted by Crippen LogP contribution is -2.26. The quantitative estimate of drug-likeness (QED) is 0.933. The largest absolute Gasteiger partial charge is 0.325 e. The fourth-order valence-electron chi connectivity index (χ4n) is 1.51. The monoisotopic (exact) mass is 340 g/mol. The number of amides is 1. The second-order valence-corrected chi connectivity index (χ2v) is 5.22. The van der Waals surface area contributed by atoms with E-state index in [1.807, 2.05) is 12.1 Å². The van der Waals surface area contributed by atoms with E-state index in [-0.39, 0.29) is 18.0 Å². The second kappa shape index (κ2) is 6.04. The second-order valence-electron chi connectivity index (χ2n) is 3.87. The van der Waals surface area contributed by atoms with Gasteiger partial charge in [-0.2, -0.15) is 0 Å². The van der Waals surface area contributed by atoms with Gasteiger partial charge in [0, 0.05) is 22.4 Å². The average Bonchev–Trinajstić information content (AvgIpc) is 2.37. The zero-order valence-corrected chi connectivity index (χ0v) is 12.1. The number of carbonyl (C=O) groups excluding carboxylic acids is 1. The zero-order valence-electron chi connectivity index (χ0n) is 9.77. The Morgan fingerprint density at radius 3 is 2.58 bits per heavy atom. The van der Waals surface area contributed by atoms with E-state index in [2.05, 4.69) is 21.2 Å². The summed E-state index contributed by atoms with van der Waals surface area (Å²) in [6.07, 6.45) is 1.44. The molecule has 1 amide bonds. The Balaban J connectivity index is 2.07. The minimum absolute atomic E-state index is 0.0740. The molecule has 0 spiro atoms. The molecular weight excluding hydrogens is 332 g/mol. The van der Waals surface area contributed by atoms with Crippen LogP contribution in [0.1, 0.15) is 0 Å². The standard InChI is InChI=1S/C13H10BrClN2O2/c14-9-1-4-11(5-2-9)16-12(18)8-17-7-10(15)3-6-13(17)19/h1-7H,8H2,(H,16,18). The van der Waals surface area contributed by atoms with E-state index in [1.165, 1.54) is 22.9 Å². The number of aromatic nitrogens is 1. The van der Waals surface area contributed by atoms with Crippen molar-refractivity contribution in [2.75, 3.05) is 5.32 Å². The van der Waals surface area contributed by atoms with Crippen LogP contribution in [0.2, 0.25) is 5.02 Å². The third-order valence-electron chi connectivity index (χ3n) is 2.39. The van der Waals surface area contributed by atoms with Gasteiger partial charge in [0.05, 0.1) is 5.02 Å². The SMILES string of the molecule is O=C(Cn1cc(Cl)ccc1=O)Nc1ccc(Br)cc1. The van der Waals surface area contributed by atoms with Crippen molar-refractivity contribution in [1.82, 2.24) is 4.57 Å². The zero-order chi connectivity index (χ0) is 13.8. The Morgan fingerprint density at radius 2 is 1.89 bits per heavy atom. The van der Waals surface area contributed by atoms with Crippen molar-refractivity contribution in [3.05, 3.63) is 62.4 Å². The number of nitrogens with zero attached hydrogens (tertiary/aromatic N) is 1. The summed E-state index contributed by atoms with van der Waals surface area (Å²) in [5.74, 6) is -0.285. The molecule has 1 aromatic heterocycles. The maximum absolute atomic E-state index is 11.8. The highest BCUT2D eigenvalue weighted by molar-refractivity contribution is 9.10. The number of hydrogen-bond acceptors (Lipinski definition) is 2. The van der Waals surface area contributed by atoms with Crippen LogP contribution in [-0.2, 0) is 11.3 Å². The van der Waals surface area contributed by atoms with Crippen molar-refractivity contribution in [2.45, 2.75) is 6.54 Å². The van der Waals surface area contributed by atoms with Gasteiger partial charge < -0.3 is 9.88 Å². The van der Waals surface area contributed by atoms with Crippen molar-refractivity contribution in [3.8, 4) is 0 Å². The predicted molar refractivity (Wildman–Crippen MR) is 78.5 cm³/mol. The van der Waals surface area contributed by atoms with Crippen LogP contribution >= 0.6 is 27.5 Å². The highest BCUT2D eigenvalue weighted by Gasteiger charge is 2.05. The molecule has 2 aromatic rings. The molecule has 0 saturated carbocycles. The first-order valence-corrected chi connectivity index (χ1v) is 6.63. The first kappa shape index (κ1) is 13.8. The molecule has 0 radical (unpaired) electrons. The van der Waals surface area contributed by atoms with Crippen molar-refractivity contribution < 1.29 is 4.79 Å². The third-order valence-corrected chi connectivity index (χ3v) is 3.14. The minimum atomic E-state index is -0.285. The van der Waals surface area contributed by atoms with Gasteiger partial charge in [-0.15, -0.1) is 0 Å². The summed E-state index contributed by atoms with van der Waals surface area (Å²) in [4.78, 5) is 23.3. The molecule has 0 aliphatic heterocycles. The van der Waals surface area contributed by atoms with E-state index >= 15 is 0 Å². The summed E-state index contributed by atoms with van der Waals surface area (Å²) >= 11 is 9.09. The number of halogens is 2. The van der Waals surface area contributed by atoms with E-state index in [0.29, 0.717) is 10.7 Å². The summed E-state index contributed by atoms with van der Waals surface area (Å²) < 4.78 is 2.19. The van der Waals surface area contributed by atoms with Gasteiger partial charge in [0.1, 0.15) is 6.54 Å². The van der Waals surface area contributed by atoms with Crippen LogP contribution in [0.3, 0.4) is 0 Å². The topological polar surface area (TPSA) is 51.1 Å². The Kier molecular flexibility index (Phi) is 4.39. The highest BCUT2D eigenvalue weighted by atomic mass is 79.9. The van der Waals surface area contributed by atoms with Gasteiger partial charge in [-0.05, 0) is 30.3 Å².